The molecular formula is C11H12N2O4. The monoisotopic (exact) mass is 236 g/mol. The first-order valence-corrected chi connectivity index (χ1v) is 4.71. The molecule has 6 nitrogen and oxygen atoms in total. The molecular weight excluding hydrogens is 224 g/mol. The van der Waals surface area contributed by atoms with Crippen molar-refractivity contribution in [1.29, 1.82) is 0 Å². The average Bonchev–Trinajstić information content (AvgIpc) is 2.36. The summed E-state index contributed by atoms with van der Waals surface area (Å²) >= 11 is 0. The highest BCUT2D eigenvalue weighted by Crippen LogP contribution is 2.09. The van der Waals surface area contributed by atoms with Crippen LogP contribution in [0.2, 0.25) is 0 Å². The lowest BCUT2D eigenvalue weighted by Gasteiger charge is -2.06. The lowest BCUT2D eigenvalue weighted by atomic mass is 10.0. The fraction of sp³-hybridized carbons (Fsp3) is 0.182. The molecule has 17 heavy (non-hydrogen) atoms. The van der Waals surface area contributed by atoms with Crippen molar-refractivity contribution in [3.8, 4) is 0 Å². The number of carbonyl (C=O) groups is 1. The second-order valence-corrected chi connectivity index (χ2v) is 2.95. The summed E-state index contributed by atoms with van der Waals surface area (Å²) in [4.78, 5) is 16.1. The van der Waals surface area contributed by atoms with Crippen LogP contribution in [0.25, 0.3) is 0 Å². The molecule has 0 fully saturated rings. The van der Waals surface area contributed by atoms with Gasteiger partial charge in [0.25, 0.3) is 0 Å². The summed E-state index contributed by atoms with van der Waals surface area (Å²) in [5.41, 5.74) is 0.987. The van der Waals surface area contributed by atoms with E-state index in [1.54, 1.807) is 24.3 Å². The van der Waals surface area contributed by atoms with Gasteiger partial charge in [-0.1, -0.05) is 34.6 Å². The van der Waals surface area contributed by atoms with E-state index >= 15 is 0 Å². The highest BCUT2D eigenvalue weighted by Gasteiger charge is 2.18. The van der Waals surface area contributed by atoms with E-state index in [0.29, 0.717) is 11.1 Å². The molecule has 0 atom stereocenters. The third-order valence-corrected chi connectivity index (χ3v) is 1.97. The van der Waals surface area contributed by atoms with Crippen molar-refractivity contribution in [3.63, 3.8) is 0 Å². The first-order valence-electron chi connectivity index (χ1n) is 4.71. The van der Waals surface area contributed by atoms with Crippen molar-refractivity contribution < 1.29 is 19.6 Å². The van der Waals surface area contributed by atoms with Crippen molar-refractivity contribution in [2.45, 2.75) is 0 Å². The van der Waals surface area contributed by atoms with Crippen LogP contribution >= 0.6 is 0 Å². The number of esters is 1. The van der Waals surface area contributed by atoms with Gasteiger partial charge >= 0.3 is 5.97 Å². The van der Waals surface area contributed by atoms with E-state index in [1.807, 2.05) is 0 Å². The minimum atomic E-state index is -0.634. The predicted octanol–water partition coefficient (Wildman–Crippen LogP) is 1.02. The number of nitrogens with zero attached hydrogens (tertiary/aromatic N) is 2. The molecule has 0 spiro atoms. The molecule has 0 aliphatic rings. The first kappa shape index (κ1) is 12.7. The number of hydrogen-bond acceptors (Lipinski definition) is 6. The summed E-state index contributed by atoms with van der Waals surface area (Å²) < 4.78 is 4.60. The summed E-state index contributed by atoms with van der Waals surface area (Å²) in [6.45, 7) is 0. The third-order valence-electron chi connectivity index (χ3n) is 1.97. The van der Waals surface area contributed by atoms with E-state index in [0.717, 1.165) is 0 Å². The van der Waals surface area contributed by atoms with Gasteiger partial charge in [-0.3, -0.25) is 0 Å². The smallest absolute Gasteiger partial charge is 0.360 e. The Morgan fingerprint density at radius 3 is 2.65 bits per heavy atom. The van der Waals surface area contributed by atoms with Crippen molar-refractivity contribution in [2.24, 2.45) is 10.3 Å². The number of rotatable bonds is 4. The average molecular weight is 236 g/mol. The molecule has 0 aliphatic heterocycles. The van der Waals surface area contributed by atoms with Gasteiger partial charge in [0.05, 0.1) is 13.3 Å². The van der Waals surface area contributed by atoms with Crippen LogP contribution in [0.4, 0.5) is 0 Å². The van der Waals surface area contributed by atoms with Crippen molar-refractivity contribution >= 4 is 17.9 Å². The van der Waals surface area contributed by atoms with Gasteiger partial charge < -0.3 is 14.8 Å². The van der Waals surface area contributed by atoms with Gasteiger partial charge in [0.1, 0.15) is 7.11 Å². The number of benzene rings is 1. The number of ether oxygens (including phenoxy) is 1. The zero-order valence-corrected chi connectivity index (χ0v) is 9.45. The number of oxime groups is 2. The quantitative estimate of drug-likeness (QED) is 0.366. The molecule has 1 aromatic carbocycles. The number of carbonyl (C=O) groups excluding carboxylic acids is 1. The zero-order valence-electron chi connectivity index (χ0n) is 9.45. The highest BCUT2D eigenvalue weighted by atomic mass is 16.6. The van der Waals surface area contributed by atoms with Crippen LogP contribution in [-0.2, 0) is 14.4 Å². The molecule has 0 amide bonds. The normalized spacial score (nSPS) is 11.5. The maximum absolute atomic E-state index is 11.5. The van der Waals surface area contributed by atoms with Gasteiger partial charge in [-0.25, -0.2) is 4.79 Å². The lowest BCUT2D eigenvalue weighted by molar-refractivity contribution is -0.132. The Balaban J connectivity index is 3.28. The molecule has 1 aromatic rings. The van der Waals surface area contributed by atoms with Gasteiger partial charge in [0, 0.05) is 11.1 Å². The van der Waals surface area contributed by atoms with Crippen LogP contribution in [-0.4, -0.2) is 37.3 Å². The van der Waals surface area contributed by atoms with E-state index in [4.69, 9.17) is 5.21 Å². The molecule has 0 aliphatic carbocycles. The van der Waals surface area contributed by atoms with Crippen LogP contribution in [0.15, 0.2) is 34.6 Å². The van der Waals surface area contributed by atoms with E-state index < -0.39 is 5.97 Å². The van der Waals surface area contributed by atoms with Crippen LogP contribution < -0.4 is 0 Å². The Hall–Kier alpha value is -2.37. The summed E-state index contributed by atoms with van der Waals surface area (Å²) in [6, 6.07) is 6.77. The fourth-order valence-corrected chi connectivity index (χ4v) is 1.27. The van der Waals surface area contributed by atoms with E-state index in [2.05, 4.69) is 19.9 Å². The topological polar surface area (TPSA) is 80.5 Å². The highest BCUT2D eigenvalue weighted by molar-refractivity contribution is 6.44. The molecule has 1 N–H and O–H groups in total. The Morgan fingerprint density at radius 1 is 1.35 bits per heavy atom. The Kier molecular flexibility index (Phi) is 4.68. The SMILES string of the molecule is CON=C(C(=O)OC)c1ccccc1C=NO. The Labute approximate surface area is 98.1 Å². The van der Waals surface area contributed by atoms with E-state index in [1.165, 1.54) is 20.4 Å². The molecule has 0 radical (unpaired) electrons. The van der Waals surface area contributed by atoms with Crippen LogP contribution in [0, 0.1) is 0 Å². The lowest BCUT2D eigenvalue weighted by Crippen LogP contribution is -2.19. The number of hydrogen-bond donors (Lipinski definition) is 1. The second kappa shape index (κ2) is 6.26. The molecule has 0 aromatic heterocycles. The second-order valence-electron chi connectivity index (χ2n) is 2.95. The Bertz CT molecular complexity index is 455. The zero-order chi connectivity index (χ0) is 12.7. The molecule has 0 heterocycles. The molecule has 1 rings (SSSR count). The standard InChI is InChI=1S/C11H12N2O4/c1-16-11(14)10(13-17-2)9-6-4-3-5-8(9)7-12-15/h3-7,15H,1-2H3. The maximum Gasteiger partial charge on any atom is 0.360 e. The summed E-state index contributed by atoms with van der Waals surface area (Å²) in [5, 5.41) is 15.1. The fourth-order valence-electron chi connectivity index (χ4n) is 1.27. The molecule has 90 valence electrons. The predicted molar refractivity (Wildman–Crippen MR) is 61.4 cm³/mol. The van der Waals surface area contributed by atoms with Gasteiger partial charge in [-0.2, -0.15) is 0 Å². The third kappa shape index (κ3) is 3.04. The van der Waals surface area contributed by atoms with E-state index in [9.17, 15) is 4.79 Å². The first-order chi connectivity index (χ1) is 8.24. The van der Waals surface area contributed by atoms with Crippen LogP contribution in [0.1, 0.15) is 11.1 Å². The molecule has 0 saturated heterocycles. The van der Waals surface area contributed by atoms with Crippen molar-refractivity contribution in [2.75, 3.05) is 14.2 Å². The summed E-state index contributed by atoms with van der Waals surface area (Å²) in [7, 11) is 2.57. The maximum atomic E-state index is 11.5. The van der Waals surface area contributed by atoms with Gasteiger partial charge in [-0.15, -0.1) is 0 Å². The van der Waals surface area contributed by atoms with Crippen molar-refractivity contribution in [3.05, 3.63) is 35.4 Å². The summed E-state index contributed by atoms with van der Waals surface area (Å²) in [6.07, 6.45) is 1.20. The Morgan fingerprint density at radius 2 is 2.06 bits per heavy atom. The molecule has 0 bridgehead atoms. The largest absolute Gasteiger partial charge is 0.464 e. The minimum Gasteiger partial charge on any atom is -0.464 e. The molecule has 0 saturated carbocycles. The van der Waals surface area contributed by atoms with Crippen LogP contribution in [0.5, 0.6) is 0 Å². The van der Waals surface area contributed by atoms with Gasteiger partial charge in [-0.05, 0) is 0 Å². The molecule has 0 unspecified atom stereocenters. The molecule has 6 heteroatoms. The van der Waals surface area contributed by atoms with E-state index in [-0.39, 0.29) is 5.71 Å². The number of methoxy groups -OCH3 is 1. The van der Waals surface area contributed by atoms with Crippen molar-refractivity contribution in [1.82, 2.24) is 0 Å². The minimum absolute atomic E-state index is 0.00509. The van der Waals surface area contributed by atoms with Gasteiger partial charge in [0.2, 0.25) is 0 Å². The van der Waals surface area contributed by atoms with Gasteiger partial charge in [0.15, 0.2) is 5.71 Å². The van der Waals surface area contributed by atoms with Crippen LogP contribution in [0.3, 0.4) is 0 Å². The summed E-state index contributed by atoms with van der Waals surface area (Å²) in [5.74, 6) is -0.634.